The predicted molar refractivity (Wildman–Crippen MR) is 262 cm³/mol. The fourth-order valence-corrected chi connectivity index (χ4v) is 8.30. The summed E-state index contributed by atoms with van der Waals surface area (Å²) in [6.45, 7) is 14.8. The molecule has 0 atom stereocenters. The van der Waals surface area contributed by atoms with E-state index in [1.54, 1.807) is 0 Å². The van der Waals surface area contributed by atoms with E-state index in [1.165, 1.54) is 206 Å². The third-order valence-corrected chi connectivity index (χ3v) is 12.3. The minimum atomic E-state index is -0.0362. The average molecular weight is 845 g/mol. The van der Waals surface area contributed by atoms with Crippen LogP contribution < -0.4 is 0 Å². The number of esters is 2. The first kappa shape index (κ1) is 58.3. The van der Waals surface area contributed by atoms with Crippen LogP contribution in [0.15, 0.2) is 24.3 Å². The third kappa shape index (κ3) is 43.0. The summed E-state index contributed by atoms with van der Waals surface area (Å²) in [5, 5.41) is 0. The summed E-state index contributed by atoms with van der Waals surface area (Å²) in [5.41, 5.74) is 0. The molecule has 6 nitrogen and oxygen atoms in total. The Morgan fingerprint density at radius 2 is 0.700 bits per heavy atom. The molecule has 0 bridgehead atoms. The summed E-state index contributed by atoms with van der Waals surface area (Å²) in [4.78, 5) is 29.6. The summed E-state index contributed by atoms with van der Waals surface area (Å²) in [6.07, 6.45) is 50.0. The molecule has 0 amide bonds. The number of hydrogen-bond acceptors (Lipinski definition) is 6. The van der Waals surface area contributed by atoms with Gasteiger partial charge in [-0.15, -0.1) is 0 Å². The van der Waals surface area contributed by atoms with Crippen molar-refractivity contribution in [3.63, 3.8) is 0 Å². The Kier molecular flexibility index (Phi) is 45.5. The van der Waals surface area contributed by atoms with Gasteiger partial charge in [-0.1, -0.05) is 193 Å². The van der Waals surface area contributed by atoms with Gasteiger partial charge < -0.3 is 19.3 Å². The van der Waals surface area contributed by atoms with Gasteiger partial charge in [-0.3, -0.25) is 9.59 Å². The molecule has 0 radical (unpaired) electrons. The minimum Gasteiger partial charge on any atom is -0.461 e. The Hall–Kier alpha value is -1.66. The monoisotopic (exact) mass is 845 g/mol. The number of carbonyl (C=O) groups is 2. The van der Waals surface area contributed by atoms with Crippen LogP contribution in [-0.4, -0.2) is 75.2 Å². The highest BCUT2D eigenvalue weighted by Gasteiger charge is 2.09. The topological polar surface area (TPSA) is 59.1 Å². The molecule has 0 unspecified atom stereocenters. The van der Waals surface area contributed by atoms with Gasteiger partial charge in [-0.05, 0) is 116 Å². The van der Waals surface area contributed by atoms with Crippen LogP contribution in [0.25, 0.3) is 0 Å². The van der Waals surface area contributed by atoms with E-state index in [-0.39, 0.29) is 11.9 Å². The van der Waals surface area contributed by atoms with Crippen LogP contribution in [0, 0.1) is 11.8 Å². The fourth-order valence-electron chi connectivity index (χ4n) is 8.30. The van der Waals surface area contributed by atoms with E-state index in [9.17, 15) is 9.59 Å². The van der Waals surface area contributed by atoms with Crippen LogP contribution in [0.3, 0.4) is 0 Å². The van der Waals surface area contributed by atoms with Gasteiger partial charge in [0.05, 0.1) is 0 Å². The van der Waals surface area contributed by atoms with Crippen molar-refractivity contribution in [2.45, 2.75) is 246 Å². The van der Waals surface area contributed by atoms with Gasteiger partial charge in [-0.2, -0.15) is 0 Å². The highest BCUT2D eigenvalue weighted by Crippen LogP contribution is 2.20. The van der Waals surface area contributed by atoms with Gasteiger partial charge in [0.25, 0.3) is 0 Å². The second-order valence-electron chi connectivity index (χ2n) is 18.5. The first-order valence-electron chi connectivity index (χ1n) is 26.4. The van der Waals surface area contributed by atoms with Crippen LogP contribution in [0.5, 0.6) is 0 Å². The van der Waals surface area contributed by atoms with Crippen LogP contribution in [-0.2, 0) is 19.1 Å². The van der Waals surface area contributed by atoms with Crippen LogP contribution in [0.4, 0.5) is 0 Å². The quantitative estimate of drug-likeness (QED) is 0.0345. The molecule has 0 saturated heterocycles. The van der Waals surface area contributed by atoms with E-state index in [2.05, 4.69) is 75.9 Å². The van der Waals surface area contributed by atoms with Crippen molar-refractivity contribution < 1.29 is 19.1 Å². The molecular formula is C54H104N2O4. The molecular weight excluding hydrogens is 741 g/mol. The van der Waals surface area contributed by atoms with Crippen molar-refractivity contribution in [2.24, 2.45) is 11.8 Å². The maximum absolute atomic E-state index is 12.3. The van der Waals surface area contributed by atoms with E-state index in [1.807, 2.05) is 0 Å². The van der Waals surface area contributed by atoms with Crippen molar-refractivity contribution in [1.82, 2.24) is 9.80 Å². The molecule has 0 aliphatic rings. The second kappa shape index (κ2) is 46.8. The minimum absolute atomic E-state index is 0.0362. The normalized spacial score (nSPS) is 12.1. The molecule has 0 spiro atoms. The molecule has 60 heavy (non-hydrogen) atoms. The Bertz CT molecular complexity index is 877. The predicted octanol–water partition coefficient (Wildman–Crippen LogP) is 15.6. The summed E-state index contributed by atoms with van der Waals surface area (Å²) in [6, 6.07) is 0. The zero-order valence-electron chi connectivity index (χ0n) is 41.3. The van der Waals surface area contributed by atoms with Gasteiger partial charge >= 0.3 is 11.9 Å². The maximum Gasteiger partial charge on any atom is 0.306 e. The molecule has 0 aliphatic heterocycles. The first-order chi connectivity index (χ1) is 29.4. The lowest BCUT2D eigenvalue weighted by molar-refractivity contribution is -0.143. The SMILES string of the molecule is CCCCCC(C=CCOC(=O)CCCCCCCCCN(CCCCCCCCCC(=O)OCC=CC(CCCCC)CCCCC)CCCCN(C)C)CCCCC. The maximum atomic E-state index is 12.3. The molecule has 0 heterocycles. The fraction of sp³-hybridized carbons (Fsp3) is 0.889. The summed E-state index contributed by atoms with van der Waals surface area (Å²) in [7, 11) is 4.35. The van der Waals surface area contributed by atoms with Crippen LogP contribution in [0.1, 0.15) is 246 Å². The number of ether oxygens (including phenoxy) is 2. The van der Waals surface area contributed by atoms with E-state index >= 15 is 0 Å². The largest absolute Gasteiger partial charge is 0.461 e. The van der Waals surface area contributed by atoms with Crippen molar-refractivity contribution in [2.75, 3.05) is 53.5 Å². The van der Waals surface area contributed by atoms with Crippen molar-refractivity contribution >= 4 is 11.9 Å². The number of nitrogens with zero attached hydrogens (tertiary/aromatic N) is 2. The van der Waals surface area contributed by atoms with E-state index in [0.29, 0.717) is 37.9 Å². The third-order valence-electron chi connectivity index (χ3n) is 12.3. The number of hydrogen-bond donors (Lipinski definition) is 0. The average Bonchev–Trinajstić information content (AvgIpc) is 3.23. The van der Waals surface area contributed by atoms with Gasteiger partial charge in [0, 0.05) is 12.8 Å². The molecule has 354 valence electrons. The lowest BCUT2D eigenvalue weighted by atomic mass is 9.94. The Balaban J connectivity index is 4.11. The zero-order valence-corrected chi connectivity index (χ0v) is 41.3. The number of rotatable bonds is 47. The smallest absolute Gasteiger partial charge is 0.306 e. The highest BCUT2D eigenvalue weighted by molar-refractivity contribution is 5.69. The summed E-state index contributed by atoms with van der Waals surface area (Å²) >= 11 is 0. The molecule has 0 saturated carbocycles. The molecule has 6 heteroatoms. The Morgan fingerprint density at radius 3 is 1.03 bits per heavy atom. The second-order valence-corrected chi connectivity index (χ2v) is 18.5. The van der Waals surface area contributed by atoms with Crippen molar-refractivity contribution in [3.05, 3.63) is 24.3 Å². The molecule has 0 rings (SSSR count). The van der Waals surface area contributed by atoms with Crippen LogP contribution in [0.2, 0.25) is 0 Å². The van der Waals surface area contributed by atoms with Crippen molar-refractivity contribution in [1.29, 1.82) is 0 Å². The molecule has 0 aromatic carbocycles. The molecule has 0 aromatic heterocycles. The zero-order chi connectivity index (χ0) is 44.0. The van der Waals surface area contributed by atoms with E-state index in [4.69, 9.17) is 9.47 Å². The molecule has 0 aliphatic carbocycles. The van der Waals surface area contributed by atoms with Crippen LogP contribution >= 0.6 is 0 Å². The first-order valence-corrected chi connectivity index (χ1v) is 26.4. The molecule has 0 N–H and O–H groups in total. The molecule has 0 fully saturated rings. The molecule has 0 aromatic rings. The lowest BCUT2D eigenvalue weighted by Gasteiger charge is -2.23. The summed E-state index contributed by atoms with van der Waals surface area (Å²) in [5.74, 6) is 1.20. The van der Waals surface area contributed by atoms with Gasteiger partial charge in [0.15, 0.2) is 0 Å². The van der Waals surface area contributed by atoms with E-state index < -0.39 is 0 Å². The van der Waals surface area contributed by atoms with Crippen molar-refractivity contribution in [3.8, 4) is 0 Å². The van der Waals surface area contributed by atoms with Gasteiger partial charge in [-0.25, -0.2) is 0 Å². The Morgan fingerprint density at radius 1 is 0.400 bits per heavy atom. The summed E-state index contributed by atoms with van der Waals surface area (Å²) < 4.78 is 11.1. The number of allylic oxidation sites excluding steroid dienone is 2. The highest BCUT2D eigenvalue weighted by atomic mass is 16.5. The lowest BCUT2D eigenvalue weighted by Crippen LogP contribution is -2.28. The Labute approximate surface area is 375 Å². The van der Waals surface area contributed by atoms with Gasteiger partial charge in [0.1, 0.15) is 13.2 Å². The number of carbonyl (C=O) groups excluding carboxylic acids is 2. The standard InChI is InChI=1S/C54H104N2O4/c1-7-11-25-37-51(38-26-12-8-2)41-35-49-59-53(57)43-29-21-17-15-19-23-31-46-56(48-34-33-45-55(5)6)47-32-24-20-16-18-22-30-44-54(58)60-50-36-42-52(39-27-13-9-3)40-28-14-10-4/h35-36,41-42,51-52H,7-34,37-40,43-50H2,1-6H3. The number of unbranched alkanes of at least 4 members (excludes halogenated alkanes) is 21. The van der Waals surface area contributed by atoms with Gasteiger partial charge in [0.2, 0.25) is 0 Å². The van der Waals surface area contributed by atoms with E-state index in [0.717, 1.165) is 25.7 Å².